The van der Waals surface area contributed by atoms with Gasteiger partial charge in [0.2, 0.25) is 0 Å². The van der Waals surface area contributed by atoms with E-state index >= 15 is 0 Å². The lowest BCUT2D eigenvalue weighted by Crippen LogP contribution is -2.15. The second-order valence-electron chi connectivity index (χ2n) is 8.84. The van der Waals surface area contributed by atoms with Crippen molar-refractivity contribution >= 4 is 0 Å². The molecular formula is C29H22N4. The van der Waals surface area contributed by atoms with Gasteiger partial charge in [0.05, 0.1) is 0 Å². The van der Waals surface area contributed by atoms with Crippen molar-refractivity contribution < 1.29 is 0 Å². The van der Waals surface area contributed by atoms with E-state index in [1.54, 1.807) is 12.4 Å². The molecule has 2 heterocycles. The summed E-state index contributed by atoms with van der Waals surface area (Å²) in [5.74, 6) is 1.94. The molecule has 3 aromatic carbocycles. The molecule has 0 fully saturated rings. The van der Waals surface area contributed by atoms with E-state index in [2.05, 4.69) is 61.3 Å². The molecule has 0 bridgehead atoms. The summed E-state index contributed by atoms with van der Waals surface area (Å²) in [6.07, 6.45) is 3.54. The average molecular weight is 427 g/mol. The van der Waals surface area contributed by atoms with Gasteiger partial charge >= 0.3 is 0 Å². The van der Waals surface area contributed by atoms with Gasteiger partial charge in [-0.15, -0.1) is 0 Å². The summed E-state index contributed by atoms with van der Waals surface area (Å²) in [7, 11) is 0. The van der Waals surface area contributed by atoms with Gasteiger partial charge in [-0.25, -0.2) is 15.0 Å². The Bertz CT molecular complexity index is 1420. The minimum Gasteiger partial charge on any atom is -0.264 e. The minimum absolute atomic E-state index is 0.0800. The summed E-state index contributed by atoms with van der Waals surface area (Å²) in [5.41, 5.74) is 7.97. The highest BCUT2D eigenvalue weighted by atomic mass is 15.0. The number of rotatable bonds is 3. The summed E-state index contributed by atoms with van der Waals surface area (Å²) in [4.78, 5) is 18.8. The molecular weight excluding hydrogens is 404 g/mol. The van der Waals surface area contributed by atoms with Crippen molar-refractivity contribution in [2.45, 2.75) is 19.3 Å². The van der Waals surface area contributed by atoms with Crippen molar-refractivity contribution in [1.82, 2.24) is 19.9 Å². The van der Waals surface area contributed by atoms with E-state index in [0.717, 1.165) is 16.7 Å². The summed E-state index contributed by atoms with van der Waals surface area (Å²) in [6, 6.07) is 29.1. The molecule has 1 aliphatic rings. The zero-order valence-electron chi connectivity index (χ0n) is 18.5. The molecule has 4 heteroatoms. The first kappa shape index (κ1) is 19.5. The second-order valence-corrected chi connectivity index (χ2v) is 8.84. The summed E-state index contributed by atoms with van der Waals surface area (Å²) < 4.78 is 0. The van der Waals surface area contributed by atoms with E-state index in [4.69, 9.17) is 15.0 Å². The molecule has 0 aliphatic heterocycles. The van der Waals surface area contributed by atoms with Crippen molar-refractivity contribution in [2.24, 2.45) is 0 Å². The van der Waals surface area contributed by atoms with E-state index in [-0.39, 0.29) is 5.41 Å². The Morgan fingerprint density at radius 2 is 1.18 bits per heavy atom. The lowest BCUT2D eigenvalue weighted by Gasteiger charge is -2.21. The lowest BCUT2D eigenvalue weighted by atomic mass is 9.82. The van der Waals surface area contributed by atoms with Crippen molar-refractivity contribution in [1.29, 1.82) is 0 Å². The van der Waals surface area contributed by atoms with Gasteiger partial charge in [0.1, 0.15) is 0 Å². The van der Waals surface area contributed by atoms with E-state index in [1.165, 1.54) is 22.3 Å². The highest BCUT2D eigenvalue weighted by Gasteiger charge is 2.35. The first-order valence-electron chi connectivity index (χ1n) is 11.1. The van der Waals surface area contributed by atoms with Crippen LogP contribution in [0.15, 0.2) is 97.3 Å². The fraction of sp³-hybridized carbons (Fsp3) is 0.103. The molecule has 0 N–H and O–H groups in total. The lowest BCUT2D eigenvalue weighted by molar-refractivity contribution is 0.660. The van der Waals surface area contributed by atoms with Gasteiger partial charge in [-0.05, 0) is 40.5 Å². The summed E-state index contributed by atoms with van der Waals surface area (Å²) in [5, 5.41) is 0. The van der Waals surface area contributed by atoms with Gasteiger partial charge in [-0.1, -0.05) is 80.6 Å². The maximum absolute atomic E-state index is 4.88. The van der Waals surface area contributed by atoms with Crippen LogP contribution >= 0.6 is 0 Å². The van der Waals surface area contributed by atoms with Crippen LogP contribution in [-0.2, 0) is 5.41 Å². The topological polar surface area (TPSA) is 51.6 Å². The minimum atomic E-state index is -0.0800. The van der Waals surface area contributed by atoms with Crippen LogP contribution in [0.3, 0.4) is 0 Å². The molecule has 33 heavy (non-hydrogen) atoms. The number of hydrogen-bond donors (Lipinski definition) is 0. The Hall–Kier alpha value is -4.18. The number of benzene rings is 3. The molecule has 0 saturated carbocycles. The Morgan fingerprint density at radius 3 is 1.94 bits per heavy atom. The Labute approximate surface area is 193 Å². The Kier molecular flexibility index (Phi) is 4.40. The highest BCUT2D eigenvalue weighted by Crippen LogP contribution is 2.49. The maximum atomic E-state index is 4.88. The zero-order chi connectivity index (χ0) is 22.4. The van der Waals surface area contributed by atoms with Crippen molar-refractivity contribution in [3.8, 4) is 45.3 Å². The maximum Gasteiger partial charge on any atom is 0.165 e. The number of pyridine rings is 1. The number of aromatic nitrogens is 4. The standard InChI is InChI=1S/C29H22N4/c1-29(2)24-13-7-6-12-22(24)23-15-14-20(17-25(23)29)27-31-26(19-9-4-3-5-10-19)32-28(33-27)21-11-8-16-30-18-21/h3-18H,1-2H3. The molecule has 0 amide bonds. The van der Waals surface area contributed by atoms with Gasteiger partial charge in [-0.3, -0.25) is 4.98 Å². The molecule has 0 unspecified atom stereocenters. The number of hydrogen-bond acceptors (Lipinski definition) is 4. The van der Waals surface area contributed by atoms with Crippen LogP contribution in [0.5, 0.6) is 0 Å². The molecule has 6 rings (SSSR count). The molecule has 0 saturated heterocycles. The highest BCUT2D eigenvalue weighted by molar-refractivity contribution is 5.83. The molecule has 5 aromatic rings. The van der Waals surface area contributed by atoms with Crippen LogP contribution in [0.4, 0.5) is 0 Å². The summed E-state index contributed by atoms with van der Waals surface area (Å²) >= 11 is 0. The predicted molar refractivity (Wildman–Crippen MR) is 131 cm³/mol. The molecule has 2 aromatic heterocycles. The van der Waals surface area contributed by atoms with Gasteiger partial charge < -0.3 is 0 Å². The van der Waals surface area contributed by atoms with Crippen LogP contribution in [0.1, 0.15) is 25.0 Å². The third kappa shape index (κ3) is 3.23. The van der Waals surface area contributed by atoms with Crippen LogP contribution in [0.25, 0.3) is 45.3 Å². The average Bonchev–Trinajstić information content (AvgIpc) is 3.11. The van der Waals surface area contributed by atoms with E-state index < -0.39 is 0 Å². The SMILES string of the molecule is CC1(C)c2ccccc2-c2ccc(-c3nc(-c4ccccc4)nc(-c4cccnc4)n3)cc21. The van der Waals surface area contributed by atoms with Gasteiger partial charge in [0, 0.05) is 34.5 Å². The Balaban J connectivity index is 1.54. The van der Waals surface area contributed by atoms with Crippen LogP contribution in [-0.4, -0.2) is 19.9 Å². The fourth-order valence-corrected chi connectivity index (χ4v) is 4.69. The third-order valence-electron chi connectivity index (χ3n) is 6.43. The summed E-state index contributed by atoms with van der Waals surface area (Å²) in [6.45, 7) is 4.57. The fourth-order valence-electron chi connectivity index (χ4n) is 4.69. The van der Waals surface area contributed by atoms with Crippen LogP contribution in [0.2, 0.25) is 0 Å². The molecule has 4 nitrogen and oxygen atoms in total. The van der Waals surface area contributed by atoms with Crippen molar-refractivity contribution in [3.63, 3.8) is 0 Å². The van der Waals surface area contributed by atoms with Gasteiger partial charge in [0.25, 0.3) is 0 Å². The van der Waals surface area contributed by atoms with Crippen LogP contribution in [0, 0.1) is 0 Å². The molecule has 0 spiro atoms. The quantitative estimate of drug-likeness (QED) is 0.327. The zero-order valence-corrected chi connectivity index (χ0v) is 18.5. The first-order valence-corrected chi connectivity index (χ1v) is 11.1. The van der Waals surface area contributed by atoms with Crippen LogP contribution < -0.4 is 0 Å². The van der Waals surface area contributed by atoms with E-state index in [9.17, 15) is 0 Å². The Morgan fingerprint density at radius 1 is 0.545 bits per heavy atom. The molecule has 158 valence electrons. The smallest absolute Gasteiger partial charge is 0.165 e. The van der Waals surface area contributed by atoms with Gasteiger partial charge in [0.15, 0.2) is 17.5 Å². The van der Waals surface area contributed by atoms with E-state index in [0.29, 0.717) is 17.5 Å². The largest absolute Gasteiger partial charge is 0.264 e. The molecule has 1 aliphatic carbocycles. The number of nitrogens with zero attached hydrogens (tertiary/aromatic N) is 4. The van der Waals surface area contributed by atoms with Gasteiger partial charge in [-0.2, -0.15) is 0 Å². The van der Waals surface area contributed by atoms with E-state index in [1.807, 2.05) is 42.5 Å². The normalized spacial score (nSPS) is 13.4. The first-order chi connectivity index (χ1) is 16.1. The number of fused-ring (bicyclic) bond motifs is 3. The molecule has 0 atom stereocenters. The predicted octanol–water partition coefficient (Wildman–Crippen LogP) is 6.57. The monoisotopic (exact) mass is 426 g/mol. The van der Waals surface area contributed by atoms with Crippen molar-refractivity contribution in [2.75, 3.05) is 0 Å². The second kappa shape index (κ2) is 7.45. The third-order valence-corrected chi connectivity index (χ3v) is 6.43. The molecule has 0 radical (unpaired) electrons. The van der Waals surface area contributed by atoms with Crippen molar-refractivity contribution in [3.05, 3.63) is 108 Å².